The van der Waals surface area contributed by atoms with Crippen LogP contribution in [-0.2, 0) is 10.3 Å². The molecule has 2 aromatic heterocycles. The van der Waals surface area contributed by atoms with Crippen LogP contribution in [0.1, 0.15) is 24.1 Å². The second-order valence-electron chi connectivity index (χ2n) is 7.80. The summed E-state index contributed by atoms with van der Waals surface area (Å²) in [5.74, 6) is 0.714. The normalized spacial score (nSPS) is 20.4. The molecule has 2 saturated heterocycles. The average molecular weight is 392 g/mol. The first-order chi connectivity index (χ1) is 14.1. The fraction of sp³-hybridized carbons (Fsp3) is 0.429. The van der Waals surface area contributed by atoms with Gasteiger partial charge in [0.05, 0.1) is 24.2 Å². The van der Waals surface area contributed by atoms with Crippen molar-refractivity contribution in [3.63, 3.8) is 0 Å². The summed E-state index contributed by atoms with van der Waals surface area (Å²) < 4.78 is 5.10. The number of anilines is 1. The van der Waals surface area contributed by atoms with Crippen molar-refractivity contribution >= 4 is 17.0 Å². The zero-order chi connectivity index (χ0) is 19.8. The molecule has 4 heterocycles. The molecule has 2 aliphatic heterocycles. The molecule has 0 aliphatic carbocycles. The van der Waals surface area contributed by atoms with Crippen LogP contribution in [0.15, 0.2) is 43.0 Å². The molecule has 0 amide bonds. The standard InChI is InChI=1S/C21H24N6O2/c1-15(16-2-3-18-19(10-16)23-5-4-22-18)26-6-8-27(9-7-26)20-24-11-17(12-25-20)21(28)13-29-14-21/h2-5,10-12,15,28H,6-9,13-14H2,1H3. The van der Waals surface area contributed by atoms with Crippen molar-refractivity contribution in [3.8, 4) is 0 Å². The third kappa shape index (κ3) is 3.43. The van der Waals surface area contributed by atoms with E-state index >= 15 is 0 Å². The van der Waals surface area contributed by atoms with Gasteiger partial charge in [0.1, 0.15) is 5.60 Å². The van der Waals surface area contributed by atoms with Gasteiger partial charge in [-0.2, -0.15) is 0 Å². The summed E-state index contributed by atoms with van der Waals surface area (Å²) in [4.78, 5) is 22.4. The molecular weight excluding hydrogens is 368 g/mol. The number of hydrogen-bond acceptors (Lipinski definition) is 8. The van der Waals surface area contributed by atoms with Gasteiger partial charge < -0.3 is 14.7 Å². The van der Waals surface area contributed by atoms with Gasteiger partial charge in [0.15, 0.2) is 0 Å². The van der Waals surface area contributed by atoms with E-state index in [1.165, 1.54) is 5.56 Å². The van der Waals surface area contributed by atoms with Crippen LogP contribution in [0.25, 0.3) is 11.0 Å². The lowest BCUT2D eigenvalue weighted by Crippen LogP contribution is -2.48. The predicted molar refractivity (Wildman–Crippen MR) is 108 cm³/mol. The summed E-state index contributed by atoms with van der Waals surface area (Å²) in [6.45, 7) is 6.46. The highest BCUT2D eigenvalue weighted by molar-refractivity contribution is 5.74. The van der Waals surface area contributed by atoms with Crippen LogP contribution in [0.5, 0.6) is 0 Å². The van der Waals surface area contributed by atoms with E-state index in [-0.39, 0.29) is 0 Å². The first kappa shape index (κ1) is 18.4. The van der Waals surface area contributed by atoms with Gasteiger partial charge in [0.25, 0.3) is 0 Å². The molecule has 0 spiro atoms. The number of aliphatic hydroxyl groups is 1. The minimum atomic E-state index is -0.920. The maximum Gasteiger partial charge on any atom is 0.225 e. The Morgan fingerprint density at radius 1 is 0.966 bits per heavy atom. The number of piperazine rings is 1. The Kier molecular flexibility index (Phi) is 4.61. The molecule has 1 N–H and O–H groups in total. The number of ether oxygens (including phenoxy) is 1. The number of fused-ring (bicyclic) bond motifs is 1. The van der Waals surface area contributed by atoms with Crippen LogP contribution < -0.4 is 4.90 Å². The second-order valence-corrected chi connectivity index (χ2v) is 7.80. The third-order valence-electron chi connectivity index (χ3n) is 5.98. The highest BCUT2D eigenvalue weighted by Gasteiger charge is 2.38. The van der Waals surface area contributed by atoms with Gasteiger partial charge in [-0.15, -0.1) is 0 Å². The van der Waals surface area contributed by atoms with Crippen LogP contribution >= 0.6 is 0 Å². The van der Waals surface area contributed by atoms with E-state index in [1.54, 1.807) is 24.8 Å². The summed E-state index contributed by atoms with van der Waals surface area (Å²) in [6, 6.07) is 6.63. The number of nitrogens with zero attached hydrogens (tertiary/aromatic N) is 6. The zero-order valence-corrected chi connectivity index (χ0v) is 16.4. The Balaban J connectivity index is 1.23. The van der Waals surface area contributed by atoms with Gasteiger partial charge in [-0.3, -0.25) is 14.9 Å². The van der Waals surface area contributed by atoms with E-state index in [1.807, 2.05) is 6.07 Å². The van der Waals surface area contributed by atoms with Crippen LogP contribution in [-0.4, -0.2) is 69.3 Å². The quantitative estimate of drug-likeness (QED) is 0.715. The summed E-state index contributed by atoms with van der Waals surface area (Å²) >= 11 is 0. The molecule has 0 bridgehead atoms. The Hall–Kier alpha value is -2.68. The van der Waals surface area contributed by atoms with Crippen LogP contribution in [0.3, 0.4) is 0 Å². The Bertz CT molecular complexity index is 999. The summed E-state index contributed by atoms with van der Waals surface area (Å²) in [6.07, 6.45) is 6.89. The van der Waals surface area contributed by atoms with E-state index < -0.39 is 5.60 Å². The Morgan fingerprint density at radius 3 is 2.31 bits per heavy atom. The molecule has 2 aliphatic rings. The molecule has 3 aromatic rings. The molecule has 150 valence electrons. The second kappa shape index (κ2) is 7.29. The van der Waals surface area contributed by atoms with Gasteiger partial charge in [-0.25, -0.2) is 9.97 Å². The number of benzene rings is 1. The third-order valence-corrected chi connectivity index (χ3v) is 5.98. The SMILES string of the molecule is CC(c1ccc2nccnc2c1)N1CCN(c2ncc(C3(O)COC3)cn2)CC1. The molecule has 0 saturated carbocycles. The lowest BCUT2D eigenvalue weighted by molar-refractivity contribution is -0.184. The molecule has 29 heavy (non-hydrogen) atoms. The average Bonchev–Trinajstić information content (AvgIpc) is 2.77. The molecule has 1 aromatic carbocycles. The van der Waals surface area contributed by atoms with Crippen LogP contribution in [0.4, 0.5) is 5.95 Å². The topological polar surface area (TPSA) is 87.5 Å². The van der Waals surface area contributed by atoms with Crippen LogP contribution in [0.2, 0.25) is 0 Å². The monoisotopic (exact) mass is 392 g/mol. The first-order valence-electron chi connectivity index (χ1n) is 9.95. The summed E-state index contributed by atoms with van der Waals surface area (Å²) in [5.41, 5.74) is 2.91. The fourth-order valence-electron chi connectivity index (χ4n) is 3.95. The molecular formula is C21H24N6O2. The summed E-state index contributed by atoms with van der Waals surface area (Å²) in [5, 5.41) is 10.3. The fourth-order valence-corrected chi connectivity index (χ4v) is 3.95. The van der Waals surface area contributed by atoms with E-state index in [0.717, 1.165) is 42.8 Å². The largest absolute Gasteiger partial charge is 0.380 e. The smallest absolute Gasteiger partial charge is 0.225 e. The molecule has 8 nitrogen and oxygen atoms in total. The van der Waals surface area contributed by atoms with Crippen LogP contribution in [0, 0.1) is 0 Å². The molecule has 1 unspecified atom stereocenters. The maximum absolute atomic E-state index is 10.3. The molecule has 1 atom stereocenters. The molecule has 8 heteroatoms. The van der Waals surface area contributed by atoms with Gasteiger partial charge in [0, 0.05) is 62.6 Å². The van der Waals surface area contributed by atoms with Crippen molar-refractivity contribution in [3.05, 3.63) is 54.1 Å². The maximum atomic E-state index is 10.3. The van der Waals surface area contributed by atoms with Gasteiger partial charge in [-0.05, 0) is 24.6 Å². The van der Waals surface area contributed by atoms with Gasteiger partial charge in [0.2, 0.25) is 5.95 Å². The number of rotatable bonds is 4. The van der Waals surface area contributed by atoms with E-state index in [4.69, 9.17) is 4.74 Å². The summed E-state index contributed by atoms with van der Waals surface area (Å²) in [7, 11) is 0. The lowest BCUT2D eigenvalue weighted by atomic mass is 9.95. The van der Waals surface area contributed by atoms with Crippen molar-refractivity contribution in [2.75, 3.05) is 44.3 Å². The molecule has 5 rings (SSSR count). The highest BCUT2D eigenvalue weighted by Crippen LogP contribution is 2.29. The molecule has 0 radical (unpaired) electrons. The van der Waals surface area contributed by atoms with E-state index in [2.05, 4.69) is 48.8 Å². The molecule has 2 fully saturated rings. The van der Waals surface area contributed by atoms with Crippen molar-refractivity contribution in [2.24, 2.45) is 0 Å². The first-order valence-corrected chi connectivity index (χ1v) is 9.95. The minimum Gasteiger partial charge on any atom is -0.380 e. The van der Waals surface area contributed by atoms with Gasteiger partial charge in [-0.1, -0.05) is 6.07 Å². The van der Waals surface area contributed by atoms with Gasteiger partial charge >= 0.3 is 0 Å². The Morgan fingerprint density at radius 2 is 1.66 bits per heavy atom. The lowest BCUT2D eigenvalue weighted by Gasteiger charge is -2.39. The number of aromatic nitrogens is 4. The Labute approximate surface area is 169 Å². The van der Waals surface area contributed by atoms with Crippen molar-refractivity contribution in [1.82, 2.24) is 24.8 Å². The van der Waals surface area contributed by atoms with E-state index in [9.17, 15) is 5.11 Å². The van der Waals surface area contributed by atoms with Crippen molar-refractivity contribution in [2.45, 2.75) is 18.6 Å². The predicted octanol–water partition coefficient (Wildman–Crippen LogP) is 1.52. The van der Waals surface area contributed by atoms with Crippen molar-refractivity contribution < 1.29 is 9.84 Å². The van der Waals surface area contributed by atoms with E-state index in [0.29, 0.717) is 25.2 Å². The zero-order valence-electron chi connectivity index (χ0n) is 16.4. The highest BCUT2D eigenvalue weighted by atomic mass is 16.5. The minimum absolute atomic E-state index is 0.305. The van der Waals surface area contributed by atoms with Crippen molar-refractivity contribution in [1.29, 1.82) is 0 Å². The number of hydrogen-bond donors (Lipinski definition) is 1.